The van der Waals surface area contributed by atoms with Crippen LogP contribution in [-0.2, 0) is 24.3 Å². The number of sulfonamides is 1. The van der Waals surface area contributed by atoms with Crippen LogP contribution in [0.25, 0.3) is 0 Å². The van der Waals surface area contributed by atoms with Crippen LogP contribution in [-0.4, -0.2) is 56.7 Å². The third-order valence-electron chi connectivity index (χ3n) is 4.35. The number of nitrogens with one attached hydrogen (secondary N) is 2. The summed E-state index contributed by atoms with van der Waals surface area (Å²) in [5, 5.41) is 4.94. The van der Waals surface area contributed by atoms with Gasteiger partial charge in [0, 0.05) is 18.7 Å². The Morgan fingerprint density at radius 3 is 2.31 bits per heavy atom. The Kier molecular flexibility index (Phi) is 9.18. The Morgan fingerprint density at radius 2 is 1.69 bits per heavy atom. The molecule has 172 valence electrons. The van der Waals surface area contributed by atoms with Crippen LogP contribution >= 0.6 is 11.6 Å². The lowest BCUT2D eigenvalue weighted by molar-refractivity contribution is -0.146. The van der Waals surface area contributed by atoms with Crippen molar-refractivity contribution in [3.63, 3.8) is 0 Å². The average molecular weight is 482 g/mol. The standard InChI is InChI=1S/C21H24ClN3O6S/c1-3-25(4-2)32(29,30)16-10-11-17(22)18(12-16)24-19(26)14-31-20(27)13-23-21(28)15-8-6-5-7-9-15/h5-12H,3-4,13-14H2,1-2H3,(H,23,28)(H,24,26). The number of anilines is 1. The van der Waals surface area contributed by atoms with Crippen molar-refractivity contribution >= 4 is 45.1 Å². The summed E-state index contributed by atoms with van der Waals surface area (Å²) in [5.74, 6) is -1.98. The number of carbonyl (C=O) groups is 3. The van der Waals surface area contributed by atoms with Crippen LogP contribution in [0.4, 0.5) is 5.69 Å². The van der Waals surface area contributed by atoms with Crippen molar-refractivity contribution in [3.05, 3.63) is 59.1 Å². The highest BCUT2D eigenvalue weighted by atomic mass is 35.5. The van der Waals surface area contributed by atoms with Gasteiger partial charge >= 0.3 is 5.97 Å². The molecule has 0 radical (unpaired) electrons. The van der Waals surface area contributed by atoms with Crippen LogP contribution in [0, 0.1) is 0 Å². The number of carbonyl (C=O) groups excluding carboxylic acids is 3. The first-order valence-electron chi connectivity index (χ1n) is 9.77. The van der Waals surface area contributed by atoms with Gasteiger partial charge in [0.05, 0.1) is 15.6 Å². The van der Waals surface area contributed by atoms with Crippen LogP contribution in [0.3, 0.4) is 0 Å². The van der Waals surface area contributed by atoms with Gasteiger partial charge in [-0.15, -0.1) is 0 Å². The fourth-order valence-corrected chi connectivity index (χ4v) is 4.35. The Labute approximate surface area is 191 Å². The minimum Gasteiger partial charge on any atom is -0.454 e. The summed E-state index contributed by atoms with van der Waals surface area (Å²) in [5.41, 5.74) is 0.450. The van der Waals surface area contributed by atoms with Crippen LogP contribution in [0.15, 0.2) is 53.4 Å². The van der Waals surface area contributed by atoms with E-state index in [-0.39, 0.29) is 15.6 Å². The van der Waals surface area contributed by atoms with Crippen molar-refractivity contribution in [3.8, 4) is 0 Å². The first kappa shape index (κ1) is 25.3. The van der Waals surface area contributed by atoms with E-state index in [0.29, 0.717) is 18.7 Å². The summed E-state index contributed by atoms with van der Waals surface area (Å²) in [6.07, 6.45) is 0. The molecule has 0 heterocycles. The van der Waals surface area contributed by atoms with E-state index in [1.165, 1.54) is 22.5 Å². The molecule has 2 aromatic rings. The maximum absolute atomic E-state index is 12.7. The van der Waals surface area contributed by atoms with E-state index in [9.17, 15) is 22.8 Å². The van der Waals surface area contributed by atoms with E-state index >= 15 is 0 Å². The molecule has 11 heteroatoms. The zero-order chi connectivity index (χ0) is 23.7. The van der Waals surface area contributed by atoms with E-state index in [2.05, 4.69) is 10.6 Å². The number of halogens is 1. The molecule has 32 heavy (non-hydrogen) atoms. The highest BCUT2D eigenvalue weighted by Gasteiger charge is 2.23. The van der Waals surface area contributed by atoms with Crippen molar-refractivity contribution in [2.24, 2.45) is 0 Å². The van der Waals surface area contributed by atoms with Gasteiger partial charge in [-0.2, -0.15) is 4.31 Å². The fraction of sp³-hybridized carbons (Fsp3) is 0.286. The van der Waals surface area contributed by atoms with Crippen LogP contribution in [0.5, 0.6) is 0 Å². The summed E-state index contributed by atoms with van der Waals surface area (Å²) in [6.45, 7) is 2.97. The van der Waals surface area contributed by atoms with Gasteiger partial charge < -0.3 is 15.4 Å². The van der Waals surface area contributed by atoms with Gasteiger partial charge in [0.1, 0.15) is 6.54 Å². The Hall–Kier alpha value is -2.95. The predicted molar refractivity (Wildman–Crippen MR) is 120 cm³/mol. The number of rotatable bonds is 10. The van der Waals surface area contributed by atoms with Gasteiger partial charge in [-0.1, -0.05) is 43.6 Å². The summed E-state index contributed by atoms with van der Waals surface area (Å²) in [4.78, 5) is 35.8. The normalized spacial score (nSPS) is 11.1. The molecule has 2 N–H and O–H groups in total. The van der Waals surface area contributed by atoms with Crippen molar-refractivity contribution in [1.29, 1.82) is 0 Å². The number of benzene rings is 2. The third kappa shape index (κ3) is 6.78. The van der Waals surface area contributed by atoms with E-state index in [1.807, 2.05) is 0 Å². The Morgan fingerprint density at radius 1 is 1.03 bits per heavy atom. The SMILES string of the molecule is CCN(CC)S(=O)(=O)c1ccc(Cl)c(NC(=O)COC(=O)CNC(=O)c2ccccc2)c1. The molecule has 0 spiro atoms. The molecule has 9 nitrogen and oxygen atoms in total. The third-order valence-corrected chi connectivity index (χ3v) is 6.72. The summed E-state index contributed by atoms with van der Waals surface area (Å²) in [6, 6.07) is 12.3. The van der Waals surface area contributed by atoms with E-state index in [1.54, 1.807) is 44.2 Å². The van der Waals surface area contributed by atoms with Gasteiger partial charge in [0.2, 0.25) is 10.0 Å². The second-order valence-corrected chi connectivity index (χ2v) is 8.83. The Balaban J connectivity index is 1.92. The highest BCUT2D eigenvalue weighted by Crippen LogP contribution is 2.27. The van der Waals surface area contributed by atoms with Gasteiger partial charge in [0.15, 0.2) is 6.61 Å². The number of nitrogens with zero attached hydrogens (tertiary/aromatic N) is 1. The quantitative estimate of drug-likeness (QED) is 0.502. The van der Waals surface area contributed by atoms with Crippen LogP contribution in [0.2, 0.25) is 5.02 Å². The van der Waals surface area contributed by atoms with Gasteiger partial charge in [0.25, 0.3) is 11.8 Å². The molecule has 0 aliphatic rings. The molecular weight excluding hydrogens is 458 g/mol. The number of hydrogen-bond acceptors (Lipinski definition) is 6. The summed E-state index contributed by atoms with van der Waals surface area (Å²) < 4.78 is 31.4. The smallest absolute Gasteiger partial charge is 0.325 e. The number of esters is 1. The zero-order valence-corrected chi connectivity index (χ0v) is 19.2. The molecule has 2 amide bonds. The first-order valence-corrected chi connectivity index (χ1v) is 11.6. The number of hydrogen-bond donors (Lipinski definition) is 2. The first-order chi connectivity index (χ1) is 15.2. The molecule has 0 aliphatic carbocycles. The second-order valence-electron chi connectivity index (χ2n) is 6.49. The molecule has 0 bridgehead atoms. The lowest BCUT2D eigenvalue weighted by atomic mass is 10.2. The molecule has 0 aliphatic heterocycles. The van der Waals surface area contributed by atoms with E-state index in [0.717, 1.165) is 0 Å². The van der Waals surface area contributed by atoms with Crippen molar-refractivity contribution in [2.75, 3.05) is 31.6 Å². The zero-order valence-electron chi connectivity index (χ0n) is 17.6. The summed E-state index contributed by atoms with van der Waals surface area (Å²) >= 11 is 6.06. The largest absolute Gasteiger partial charge is 0.454 e. The fourth-order valence-electron chi connectivity index (χ4n) is 2.70. The molecule has 0 aromatic heterocycles. The topological polar surface area (TPSA) is 122 Å². The molecule has 0 saturated heterocycles. The minimum atomic E-state index is -3.74. The molecular formula is C21H24ClN3O6S. The highest BCUT2D eigenvalue weighted by molar-refractivity contribution is 7.89. The molecule has 2 aromatic carbocycles. The molecule has 0 atom stereocenters. The average Bonchev–Trinajstić information content (AvgIpc) is 2.78. The second kappa shape index (κ2) is 11.6. The lowest BCUT2D eigenvalue weighted by Crippen LogP contribution is -2.32. The predicted octanol–water partition coefficient (Wildman–Crippen LogP) is 2.28. The maximum atomic E-state index is 12.7. The number of amides is 2. The summed E-state index contributed by atoms with van der Waals surface area (Å²) in [7, 11) is -3.74. The van der Waals surface area contributed by atoms with Gasteiger partial charge in [-0.25, -0.2) is 8.42 Å². The van der Waals surface area contributed by atoms with Crippen LogP contribution < -0.4 is 10.6 Å². The monoisotopic (exact) mass is 481 g/mol. The van der Waals surface area contributed by atoms with Crippen molar-refractivity contribution < 1.29 is 27.5 Å². The van der Waals surface area contributed by atoms with Gasteiger partial charge in [-0.05, 0) is 30.3 Å². The van der Waals surface area contributed by atoms with Gasteiger partial charge in [-0.3, -0.25) is 14.4 Å². The van der Waals surface area contributed by atoms with E-state index < -0.39 is 41.0 Å². The number of ether oxygens (including phenoxy) is 1. The molecule has 0 fully saturated rings. The molecule has 0 unspecified atom stereocenters. The minimum absolute atomic E-state index is 0.0264. The maximum Gasteiger partial charge on any atom is 0.325 e. The molecule has 2 rings (SSSR count). The lowest BCUT2D eigenvalue weighted by Gasteiger charge is -2.19. The Bertz CT molecular complexity index is 1070. The molecule has 0 saturated carbocycles. The van der Waals surface area contributed by atoms with E-state index in [4.69, 9.17) is 16.3 Å². The van der Waals surface area contributed by atoms with Crippen molar-refractivity contribution in [1.82, 2.24) is 9.62 Å². The van der Waals surface area contributed by atoms with Crippen LogP contribution in [0.1, 0.15) is 24.2 Å². The van der Waals surface area contributed by atoms with Crippen molar-refractivity contribution in [2.45, 2.75) is 18.7 Å².